The molecule has 4 rings (SSSR count). The van der Waals surface area contributed by atoms with Crippen molar-refractivity contribution in [2.75, 3.05) is 12.4 Å². The Morgan fingerprint density at radius 3 is 3.04 bits per heavy atom. The van der Waals surface area contributed by atoms with Crippen molar-refractivity contribution in [1.29, 1.82) is 0 Å². The van der Waals surface area contributed by atoms with Crippen molar-refractivity contribution in [3.8, 4) is 0 Å². The number of aromatic nitrogens is 1. The second kappa shape index (κ2) is 5.35. The molecular weight excluding hydrogens is 290 g/mol. The van der Waals surface area contributed by atoms with Crippen molar-refractivity contribution in [2.45, 2.75) is 12.8 Å². The van der Waals surface area contributed by atoms with E-state index in [0.29, 0.717) is 11.3 Å². The van der Waals surface area contributed by atoms with E-state index in [1.54, 1.807) is 12.4 Å². The maximum atomic E-state index is 11.3. The maximum Gasteiger partial charge on any atom is 0.191 e. The average molecular weight is 305 g/mol. The molecule has 0 aliphatic heterocycles. The molecule has 0 atom stereocenters. The summed E-state index contributed by atoms with van der Waals surface area (Å²) in [6.07, 6.45) is 5.99. The Bertz CT molecular complexity index is 941. The summed E-state index contributed by atoms with van der Waals surface area (Å²) in [6, 6.07) is 8.03. The minimum Gasteiger partial charge on any atom is -0.449 e. The smallest absolute Gasteiger partial charge is 0.191 e. The zero-order valence-corrected chi connectivity index (χ0v) is 12.7. The number of pyridine rings is 1. The molecular formula is C18H15N3O2. The summed E-state index contributed by atoms with van der Waals surface area (Å²) < 4.78 is 5.54. The lowest BCUT2D eigenvalue weighted by atomic mass is 10.1. The van der Waals surface area contributed by atoms with E-state index in [1.807, 2.05) is 19.2 Å². The van der Waals surface area contributed by atoms with Gasteiger partial charge in [-0.1, -0.05) is 6.07 Å². The SMILES string of the molecule is CN=C1CCc2cc(Nc3c(C=O)oc4cnccc34)ccc21. The summed E-state index contributed by atoms with van der Waals surface area (Å²) in [5, 5.41) is 4.16. The van der Waals surface area contributed by atoms with Crippen molar-refractivity contribution >= 4 is 34.3 Å². The highest BCUT2D eigenvalue weighted by molar-refractivity contribution is 6.05. The summed E-state index contributed by atoms with van der Waals surface area (Å²) >= 11 is 0. The molecule has 0 spiro atoms. The lowest BCUT2D eigenvalue weighted by Crippen LogP contribution is -1.96. The van der Waals surface area contributed by atoms with Gasteiger partial charge in [-0.15, -0.1) is 0 Å². The van der Waals surface area contributed by atoms with Crippen LogP contribution in [0.2, 0.25) is 0 Å². The van der Waals surface area contributed by atoms with Gasteiger partial charge in [-0.2, -0.15) is 0 Å². The van der Waals surface area contributed by atoms with E-state index in [-0.39, 0.29) is 5.76 Å². The minimum absolute atomic E-state index is 0.282. The van der Waals surface area contributed by atoms with Gasteiger partial charge in [0, 0.05) is 30.0 Å². The predicted octanol–water partition coefficient (Wildman–Crippen LogP) is 3.75. The van der Waals surface area contributed by atoms with E-state index in [4.69, 9.17) is 4.42 Å². The molecule has 0 radical (unpaired) electrons. The summed E-state index contributed by atoms with van der Waals surface area (Å²) in [6.45, 7) is 0. The Balaban J connectivity index is 1.76. The van der Waals surface area contributed by atoms with Crippen LogP contribution in [0.15, 0.2) is 46.1 Å². The molecule has 1 aliphatic carbocycles. The molecule has 0 amide bonds. The van der Waals surface area contributed by atoms with Crippen LogP contribution in [0, 0.1) is 0 Å². The number of aryl methyl sites for hydroxylation is 1. The Hall–Kier alpha value is -2.95. The molecule has 0 unspecified atom stereocenters. The number of furan rings is 1. The van der Waals surface area contributed by atoms with Crippen LogP contribution in [-0.2, 0) is 6.42 Å². The topological polar surface area (TPSA) is 67.5 Å². The van der Waals surface area contributed by atoms with Crippen molar-refractivity contribution in [1.82, 2.24) is 4.98 Å². The van der Waals surface area contributed by atoms with E-state index in [0.717, 1.165) is 35.9 Å². The number of hydrogen-bond donors (Lipinski definition) is 1. The number of nitrogens with one attached hydrogen (secondary N) is 1. The molecule has 0 saturated heterocycles. The first-order valence-corrected chi connectivity index (χ1v) is 7.48. The molecule has 3 aromatic rings. The standard InChI is InChI=1S/C18H15N3O2/c1-19-15-5-2-11-8-12(3-4-13(11)15)21-18-14-6-7-20-9-16(14)23-17(18)10-22/h3-4,6-10,21H,2,5H2,1H3. The molecule has 0 saturated carbocycles. The number of hydrogen-bond acceptors (Lipinski definition) is 5. The highest BCUT2D eigenvalue weighted by Gasteiger charge is 2.18. The number of benzene rings is 1. The lowest BCUT2D eigenvalue weighted by Gasteiger charge is -2.08. The normalized spacial score (nSPS) is 15.1. The van der Waals surface area contributed by atoms with Gasteiger partial charge < -0.3 is 9.73 Å². The number of rotatable bonds is 3. The summed E-state index contributed by atoms with van der Waals surface area (Å²) in [7, 11) is 1.83. The molecule has 5 nitrogen and oxygen atoms in total. The fraction of sp³-hybridized carbons (Fsp3) is 0.167. The maximum absolute atomic E-state index is 11.3. The fourth-order valence-corrected chi connectivity index (χ4v) is 3.11. The Labute approximate surface area is 133 Å². The van der Waals surface area contributed by atoms with Gasteiger partial charge in [0.15, 0.2) is 17.6 Å². The highest BCUT2D eigenvalue weighted by Crippen LogP contribution is 2.33. The fourth-order valence-electron chi connectivity index (χ4n) is 3.11. The van der Waals surface area contributed by atoms with Gasteiger partial charge in [-0.25, -0.2) is 0 Å². The van der Waals surface area contributed by atoms with Crippen LogP contribution < -0.4 is 5.32 Å². The highest BCUT2D eigenvalue weighted by atomic mass is 16.3. The first kappa shape index (κ1) is 13.7. The van der Waals surface area contributed by atoms with Gasteiger partial charge in [-0.05, 0) is 42.2 Å². The van der Waals surface area contributed by atoms with E-state index in [9.17, 15) is 4.79 Å². The van der Waals surface area contributed by atoms with Gasteiger partial charge in [0.05, 0.1) is 11.9 Å². The number of nitrogens with zero attached hydrogens (tertiary/aromatic N) is 2. The van der Waals surface area contributed by atoms with E-state index < -0.39 is 0 Å². The molecule has 23 heavy (non-hydrogen) atoms. The van der Waals surface area contributed by atoms with Gasteiger partial charge >= 0.3 is 0 Å². The van der Waals surface area contributed by atoms with Crippen LogP contribution in [-0.4, -0.2) is 24.0 Å². The Morgan fingerprint density at radius 1 is 1.30 bits per heavy atom. The third-order valence-electron chi connectivity index (χ3n) is 4.21. The van der Waals surface area contributed by atoms with E-state index in [1.165, 1.54) is 11.1 Å². The van der Waals surface area contributed by atoms with Crippen molar-refractivity contribution in [3.05, 3.63) is 53.5 Å². The Kier molecular flexibility index (Phi) is 3.19. The summed E-state index contributed by atoms with van der Waals surface area (Å²) in [4.78, 5) is 19.6. The van der Waals surface area contributed by atoms with Crippen LogP contribution in [0.5, 0.6) is 0 Å². The van der Waals surface area contributed by atoms with Gasteiger partial charge in [0.1, 0.15) is 0 Å². The van der Waals surface area contributed by atoms with E-state index in [2.05, 4.69) is 27.4 Å². The molecule has 2 heterocycles. The summed E-state index contributed by atoms with van der Waals surface area (Å²) in [5.41, 5.74) is 5.86. The van der Waals surface area contributed by atoms with Gasteiger partial charge in [0.2, 0.25) is 0 Å². The zero-order valence-electron chi connectivity index (χ0n) is 12.7. The van der Waals surface area contributed by atoms with Crippen molar-refractivity contribution in [2.24, 2.45) is 4.99 Å². The first-order valence-electron chi connectivity index (χ1n) is 7.48. The van der Waals surface area contributed by atoms with Gasteiger partial charge in [0.25, 0.3) is 0 Å². The summed E-state index contributed by atoms with van der Waals surface area (Å²) in [5.74, 6) is 0.282. The minimum atomic E-state index is 0.282. The average Bonchev–Trinajstić information content (AvgIpc) is 3.16. The number of carbonyl (C=O) groups is 1. The molecule has 114 valence electrons. The Morgan fingerprint density at radius 2 is 2.22 bits per heavy atom. The number of aldehydes is 1. The van der Waals surface area contributed by atoms with E-state index >= 15 is 0 Å². The lowest BCUT2D eigenvalue weighted by molar-refractivity contribution is 0.110. The third-order valence-corrected chi connectivity index (χ3v) is 4.21. The van der Waals surface area contributed by atoms with Gasteiger partial charge in [-0.3, -0.25) is 14.8 Å². The quantitative estimate of drug-likeness (QED) is 0.748. The van der Waals surface area contributed by atoms with Crippen molar-refractivity contribution < 1.29 is 9.21 Å². The van der Waals surface area contributed by atoms with Crippen molar-refractivity contribution in [3.63, 3.8) is 0 Å². The molecule has 1 aliphatic rings. The molecule has 2 aromatic heterocycles. The second-order valence-electron chi connectivity index (χ2n) is 5.50. The predicted molar refractivity (Wildman–Crippen MR) is 89.9 cm³/mol. The zero-order chi connectivity index (χ0) is 15.8. The monoisotopic (exact) mass is 305 g/mol. The molecule has 5 heteroatoms. The number of fused-ring (bicyclic) bond motifs is 2. The molecule has 0 bridgehead atoms. The number of carbonyl (C=O) groups excluding carboxylic acids is 1. The van der Waals surface area contributed by atoms with Crippen LogP contribution in [0.1, 0.15) is 28.1 Å². The van der Waals surface area contributed by atoms with Crippen LogP contribution in [0.4, 0.5) is 11.4 Å². The van der Waals surface area contributed by atoms with Crippen LogP contribution in [0.25, 0.3) is 11.0 Å². The number of anilines is 2. The largest absolute Gasteiger partial charge is 0.449 e. The van der Waals surface area contributed by atoms with Crippen LogP contribution in [0.3, 0.4) is 0 Å². The number of aliphatic imine (C=N–C) groups is 1. The first-order chi connectivity index (χ1) is 11.3. The third kappa shape index (κ3) is 2.21. The molecule has 1 aromatic carbocycles. The second-order valence-corrected chi connectivity index (χ2v) is 5.50. The molecule has 0 fully saturated rings. The molecule has 1 N–H and O–H groups in total. The van der Waals surface area contributed by atoms with Crippen LogP contribution >= 0.6 is 0 Å².